The van der Waals surface area contributed by atoms with E-state index in [0.29, 0.717) is 11.3 Å². The molecule has 27 heavy (non-hydrogen) atoms. The highest BCUT2D eigenvalue weighted by Gasteiger charge is 2.28. The Balaban J connectivity index is 1.61. The van der Waals surface area contributed by atoms with Crippen LogP contribution in [0, 0.1) is 5.82 Å². The van der Waals surface area contributed by atoms with E-state index in [1.54, 1.807) is 12.1 Å². The van der Waals surface area contributed by atoms with Crippen molar-refractivity contribution in [2.75, 3.05) is 5.32 Å². The molecule has 0 saturated carbocycles. The minimum Gasteiger partial charge on any atom is -0.350 e. The Hall–Kier alpha value is -3.41. The van der Waals surface area contributed by atoms with Gasteiger partial charge in [-0.15, -0.1) is 0 Å². The smallest absolute Gasteiger partial charge is 0.326 e. The summed E-state index contributed by atoms with van der Waals surface area (Å²) in [6.45, 7) is 0. The van der Waals surface area contributed by atoms with Gasteiger partial charge in [0.1, 0.15) is 5.82 Å². The molecule has 0 spiro atoms. The number of urea groups is 1. The van der Waals surface area contributed by atoms with E-state index in [2.05, 4.69) is 5.32 Å². The highest BCUT2D eigenvalue weighted by molar-refractivity contribution is 5.97. The SMILES string of the molecule is Cn1ccc2ccc(NC(=O)N3C=CC(=O)CC3c3ccc(F)cc3)cc21. The van der Waals surface area contributed by atoms with Crippen molar-refractivity contribution in [3.8, 4) is 0 Å². The number of carbonyl (C=O) groups excluding carboxylic acids is 2. The maximum atomic E-state index is 13.2. The monoisotopic (exact) mass is 363 g/mol. The number of fused-ring (bicyclic) bond motifs is 1. The number of allylic oxidation sites excluding steroid dienone is 1. The van der Waals surface area contributed by atoms with E-state index in [1.165, 1.54) is 29.3 Å². The van der Waals surface area contributed by atoms with Crippen LogP contribution in [0.5, 0.6) is 0 Å². The Morgan fingerprint density at radius 3 is 2.70 bits per heavy atom. The van der Waals surface area contributed by atoms with Gasteiger partial charge in [-0.2, -0.15) is 0 Å². The second kappa shape index (κ2) is 6.72. The highest BCUT2D eigenvalue weighted by atomic mass is 19.1. The van der Waals surface area contributed by atoms with Gasteiger partial charge in [0.15, 0.2) is 5.78 Å². The molecule has 3 aromatic rings. The number of aromatic nitrogens is 1. The summed E-state index contributed by atoms with van der Waals surface area (Å²) >= 11 is 0. The third kappa shape index (κ3) is 3.33. The molecular formula is C21H18FN3O2. The summed E-state index contributed by atoms with van der Waals surface area (Å²) in [6.07, 6.45) is 4.99. The van der Waals surface area contributed by atoms with E-state index < -0.39 is 6.04 Å². The number of amides is 2. The van der Waals surface area contributed by atoms with E-state index in [9.17, 15) is 14.0 Å². The Kier molecular flexibility index (Phi) is 4.24. The third-order valence-corrected chi connectivity index (χ3v) is 4.78. The van der Waals surface area contributed by atoms with Gasteiger partial charge < -0.3 is 9.88 Å². The van der Waals surface area contributed by atoms with E-state index in [0.717, 1.165) is 10.9 Å². The molecule has 0 radical (unpaired) electrons. The summed E-state index contributed by atoms with van der Waals surface area (Å²) in [5.41, 5.74) is 2.38. The quantitative estimate of drug-likeness (QED) is 0.735. The Bertz CT molecular complexity index is 1050. The predicted octanol–water partition coefficient (Wildman–Crippen LogP) is 4.38. The standard InChI is InChI=1S/C21H18FN3O2/c1-24-10-8-15-4-7-17(12-19(15)24)23-21(27)25-11-9-18(26)13-20(25)14-2-5-16(22)6-3-14/h2-12,20H,13H2,1H3,(H,23,27). The molecule has 0 fully saturated rings. The fraction of sp³-hybridized carbons (Fsp3) is 0.143. The molecule has 0 saturated heterocycles. The molecule has 1 aromatic heterocycles. The van der Waals surface area contributed by atoms with Crippen molar-refractivity contribution < 1.29 is 14.0 Å². The lowest BCUT2D eigenvalue weighted by Crippen LogP contribution is -2.37. The van der Waals surface area contributed by atoms with E-state index >= 15 is 0 Å². The first kappa shape index (κ1) is 17.0. The number of hydrogen-bond acceptors (Lipinski definition) is 2. The minimum absolute atomic E-state index is 0.0707. The summed E-state index contributed by atoms with van der Waals surface area (Å²) in [5.74, 6) is -0.429. The van der Waals surface area contributed by atoms with Crippen LogP contribution >= 0.6 is 0 Å². The van der Waals surface area contributed by atoms with Gasteiger partial charge >= 0.3 is 6.03 Å². The molecule has 0 bridgehead atoms. The summed E-state index contributed by atoms with van der Waals surface area (Å²) in [6, 6.07) is 12.7. The van der Waals surface area contributed by atoms with Crippen molar-refractivity contribution >= 4 is 28.4 Å². The van der Waals surface area contributed by atoms with Crippen LogP contribution < -0.4 is 5.32 Å². The van der Waals surface area contributed by atoms with Gasteiger partial charge in [-0.05, 0) is 47.4 Å². The second-order valence-corrected chi connectivity index (χ2v) is 6.59. The summed E-state index contributed by atoms with van der Waals surface area (Å²) < 4.78 is 15.2. The van der Waals surface area contributed by atoms with Gasteiger partial charge in [0.2, 0.25) is 0 Å². The molecule has 2 amide bonds. The van der Waals surface area contributed by atoms with Crippen molar-refractivity contribution in [3.63, 3.8) is 0 Å². The fourth-order valence-electron chi connectivity index (χ4n) is 3.33. The molecule has 4 rings (SSSR count). The number of ketones is 1. The van der Waals surface area contributed by atoms with Gasteiger partial charge in [0, 0.05) is 37.1 Å². The first-order valence-electron chi connectivity index (χ1n) is 8.62. The van der Waals surface area contributed by atoms with E-state index in [4.69, 9.17) is 0 Å². The lowest BCUT2D eigenvalue weighted by Gasteiger charge is -2.31. The lowest BCUT2D eigenvalue weighted by molar-refractivity contribution is -0.116. The Labute approximate surface area is 155 Å². The summed E-state index contributed by atoms with van der Waals surface area (Å²) in [7, 11) is 1.94. The van der Waals surface area contributed by atoms with Crippen LogP contribution in [-0.4, -0.2) is 21.3 Å². The molecule has 0 aliphatic carbocycles. The molecule has 6 heteroatoms. The first-order chi connectivity index (χ1) is 13.0. The number of hydrogen-bond donors (Lipinski definition) is 1. The number of carbonyl (C=O) groups is 2. The maximum absolute atomic E-state index is 13.2. The van der Waals surface area contributed by atoms with Crippen LogP contribution in [-0.2, 0) is 11.8 Å². The predicted molar refractivity (Wildman–Crippen MR) is 102 cm³/mol. The molecule has 2 aromatic carbocycles. The van der Waals surface area contributed by atoms with Crippen molar-refractivity contribution in [3.05, 3.63) is 78.4 Å². The number of halogens is 1. The van der Waals surface area contributed by atoms with E-state index in [1.807, 2.05) is 42.1 Å². The fourth-order valence-corrected chi connectivity index (χ4v) is 3.33. The number of nitrogens with zero attached hydrogens (tertiary/aromatic N) is 2. The molecule has 1 unspecified atom stereocenters. The number of aryl methyl sites for hydroxylation is 1. The van der Waals surface area contributed by atoms with Gasteiger partial charge in [-0.25, -0.2) is 9.18 Å². The van der Waals surface area contributed by atoms with Gasteiger partial charge in [0.05, 0.1) is 6.04 Å². The zero-order chi connectivity index (χ0) is 19.0. The largest absolute Gasteiger partial charge is 0.350 e. The highest BCUT2D eigenvalue weighted by Crippen LogP contribution is 2.29. The Morgan fingerprint density at radius 2 is 1.93 bits per heavy atom. The van der Waals surface area contributed by atoms with Crippen molar-refractivity contribution in [2.24, 2.45) is 7.05 Å². The van der Waals surface area contributed by atoms with Crippen molar-refractivity contribution in [1.82, 2.24) is 9.47 Å². The number of anilines is 1. The average molecular weight is 363 g/mol. The summed E-state index contributed by atoms with van der Waals surface area (Å²) in [5, 5.41) is 3.97. The molecule has 1 aliphatic heterocycles. The van der Waals surface area contributed by atoms with Crippen LogP contribution in [0.15, 0.2) is 67.0 Å². The molecule has 1 N–H and O–H groups in total. The van der Waals surface area contributed by atoms with Crippen molar-refractivity contribution in [2.45, 2.75) is 12.5 Å². The molecule has 136 valence electrons. The molecule has 1 atom stereocenters. The van der Waals surface area contributed by atoms with Crippen LogP contribution in [0.25, 0.3) is 10.9 Å². The van der Waals surface area contributed by atoms with Gasteiger partial charge in [-0.1, -0.05) is 18.2 Å². The van der Waals surface area contributed by atoms with Gasteiger partial charge in [0.25, 0.3) is 0 Å². The topological polar surface area (TPSA) is 54.3 Å². The second-order valence-electron chi connectivity index (χ2n) is 6.59. The normalized spacial score (nSPS) is 16.7. The first-order valence-corrected chi connectivity index (χ1v) is 8.62. The lowest BCUT2D eigenvalue weighted by atomic mass is 9.97. The average Bonchev–Trinajstić information content (AvgIpc) is 3.03. The number of nitrogens with one attached hydrogen (secondary N) is 1. The zero-order valence-electron chi connectivity index (χ0n) is 14.7. The third-order valence-electron chi connectivity index (χ3n) is 4.78. The van der Waals surface area contributed by atoms with Crippen LogP contribution in [0.4, 0.5) is 14.9 Å². The number of rotatable bonds is 2. The maximum Gasteiger partial charge on any atom is 0.326 e. The molecule has 2 heterocycles. The molecular weight excluding hydrogens is 345 g/mol. The number of benzene rings is 2. The van der Waals surface area contributed by atoms with Crippen LogP contribution in [0.3, 0.4) is 0 Å². The van der Waals surface area contributed by atoms with Gasteiger partial charge in [-0.3, -0.25) is 9.69 Å². The molecule has 5 nitrogen and oxygen atoms in total. The van der Waals surface area contributed by atoms with E-state index in [-0.39, 0.29) is 24.1 Å². The van der Waals surface area contributed by atoms with Crippen LogP contribution in [0.1, 0.15) is 18.0 Å². The zero-order valence-corrected chi connectivity index (χ0v) is 14.7. The van der Waals surface area contributed by atoms with Crippen molar-refractivity contribution in [1.29, 1.82) is 0 Å². The minimum atomic E-state index is -0.470. The Morgan fingerprint density at radius 1 is 1.15 bits per heavy atom. The molecule has 1 aliphatic rings. The van der Waals surface area contributed by atoms with Crippen LogP contribution in [0.2, 0.25) is 0 Å². The summed E-state index contributed by atoms with van der Waals surface area (Å²) in [4.78, 5) is 26.2.